The number of benzene rings is 1. The topological polar surface area (TPSA) is 37.8 Å². The van der Waals surface area contributed by atoms with E-state index < -0.39 is 0 Å². The van der Waals surface area contributed by atoms with Crippen LogP contribution in [-0.4, -0.2) is 68.3 Å². The molecule has 1 aromatic heterocycles. The molecular formula is C21H31N3O2. The van der Waals surface area contributed by atoms with E-state index >= 15 is 0 Å². The minimum Gasteiger partial charge on any atom is -0.494 e. The van der Waals surface area contributed by atoms with E-state index in [0.29, 0.717) is 6.04 Å². The molecule has 0 bridgehead atoms. The number of para-hydroxylation sites is 1. The van der Waals surface area contributed by atoms with Gasteiger partial charge in [0.2, 0.25) is 0 Å². The first kappa shape index (κ1) is 19.1. The quantitative estimate of drug-likeness (QED) is 0.679. The van der Waals surface area contributed by atoms with Crippen LogP contribution in [0.2, 0.25) is 0 Å². The van der Waals surface area contributed by atoms with E-state index in [1.165, 1.54) is 25.9 Å². The zero-order chi connectivity index (χ0) is 18.4. The second-order valence-corrected chi connectivity index (χ2v) is 7.19. The molecule has 26 heavy (non-hydrogen) atoms. The van der Waals surface area contributed by atoms with Crippen LogP contribution in [0, 0.1) is 0 Å². The Morgan fingerprint density at radius 1 is 1.15 bits per heavy atom. The number of nitrogens with zero attached hydrogens (tertiary/aromatic N) is 3. The van der Waals surface area contributed by atoms with Gasteiger partial charge in [-0.25, -0.2) is 4.98 Å². The second kappa shape index (κ2) is 9.31. The molecule has 0 N–H and O–H groups in total. The SMILES string of the molecule is COCCCN(Cc1ccc2cccc(OC)c2n1)C1CCN(C)CC1. The Balaban J connectivity index is 1.77. The highest BCUT2D eigenvalue weighted by Gasteiger charge is 2.23. The summed E-state index contributed by atoms with van der Waals surface area (Å²) in [4.78, 5) is 9.93. The molecule has 1 aromatic carbocycles. The normalized spacial score (nSPS) is 16.5. The molecule has 2 aromatic rings. The highest BCUT2D eigenvalue weighted by molar-refractivity contribution is 5.84. The summed E-state index contributed by atoms with van der Waals surface area (Å²) in [5.74, 6) is 0.842. The number of rotatable bonds is 8. The first-order valence-corrected chi connectivity index (χ1v) is 9.55. The van der Waals surface area contributed by atoms with Crippen LogP contribution in [0.1, 0.15) is 25.0 Å². The number of piperidine rings is 1. The lowest BCUT2D eigenvalue weighted by Crippen LogP contribution is -2.44. The Morgan fingerprint density at radius 2 is 1.96 bits per heavy atom. The van der Waals surface area contributed by atoms with E-state index in [1.54, 1.807) is 14.2 Å². The van der Waals surface area contributed by atoms with Gasteiger partial charge in [0, 0.05) is 38.2 Å². The smallest absolute Gasteiger partial charge is 0.145 e. The standard InChI is InChI=1S/C21H31N3O2/c1-23-13-10-19(11-14-23)24(12-5-15-25-2)16-18-9-8-17-6-4-7-20(26-3)21(17)22-18/h4,6-9,19H,5,10-16H2,1-3H3. The third kappa shape index (κ3) is 4.72. The van der Waals surface area contributed by atoms with Crippen LogP contribution >= 0.6 is 0 Å². The number of likely N-dealkylation sites (tertiary alicyclic amines) is 1. The minimum absolute atomic E-state index is 0.623. The van der Waals surface area contributed by atoms with Crippen LogP contribution in [0.25, 0.3) is 10.9 Å². The molecule has 0 atom stereocenters. The zero-order valence-corrected chi connectivity index (χ0v) is 16.3. The molecule has 0 aliphatic carbocycles. The fourth-order valence-electron chi connectivity index (χ4n) is 3.78. The summed E-state index contributed by atoms with van der Waals surface area (Å²) >= 11 is 0. The van der Waals surface area contributed by atoms with E-state index in [0.717, 1.165) is 48.5 Å². The summed E-state index contributed by atoms with van der Waals surface area (Å²) in [6.45, 7) is 5.08. The summed E-state index contributed by atoms with van der Waals surface area (Å²) in [7, 11) is 5.69. The molecule has 5 heteroatoms. The predicted molar refractivity (Wildman–Crippen MR) is 106 cm³/mol. The zero-order valence-electron chi connectivity index (χ0n) is 16.3. The van der Waals surface area contributed by atoms with Crippen LogP contribution in [0.15, 0.2) is 30.3 Å². The molecule has 3 rings (SSSR count). The fraction of sp³-hybridized carbons (Fsp3) is 0.571. The van der Waals surface area contributed by atoms with Gasteiger partial charge in [0.25, 0.3) is 0 Å². The lowest BCUT2D eigenvalue weighted by molar-refractivity contribution is 0.0990. The maximum atomic E-state index is 5.50. The maximum absolute atomic E-state index is 5.50. The summed E-state index contributed by atoms with van der Waals surface area (Å²) < 4.78 is 10.8. The molecule has 0 saturated carbocycles. The van der Waals surface area contributed by atoms with Crippen molar-refractivity contribution in [2.45, 2.75) is 31.8 Å². The first-order valence-electron chi connectivity index (χ1n) is 9.55. The molecule has 0 spiro atoms. The van der Waals surface area contributed by atoms with Crippen molar-refractivity contribution in [1.82, 2.24) is 14.8 Å². The van der Waals surface area contributed by atoms with Crippen LogP contribution in [-0.2, 0) is 11.3 Å². The van der Waals surface area contributed by atoms with Gasteiger partial charge in [0.05, 0.1) is 12.8 Å². The van der Waals surface area contributed by atoms with Gasteiger partial charge in [0.1, 0.15) is 11.3 Å². The number of ether oxygens (including phenoxy) is 2. The van der Waals surface area contributed by atoms with E-state index in [4.69, 9.17) is 14.5 Å². The van der Waals surface area contributed by atoms with Crippen LogP contribution in [0.4, 0.5) is 0 Å². The summed E-state index contributed by atoms with van der Waals surface area (Å²) in [5.41, 5.74) is 2.06. The van der Waals surface area contributed by atoms with Crippen molar-refractivity contribution in [3.63, 3.8) is 0 Å². The van der Waals surface area contributed by atoms with Crippen LogP contribution in [0.3, 0.4) is 0 Å². The van der Waals surface area contributed by atoms with E-state index in [1.807, 2.05) is 12.1 Å². The summed E-state index contributed by atoms with van der Waals surface area (Å²) in [6.07, 6.45) is 3.50. The van der Waals surface area contributed by atoms with E-state index in [2.05, 4.69) is 35.0 Å². The largest absolute Gasteiger partial charge is 0.494 e. The number of aromatic nitrogens is 1. The van der Waals surface area contributed by atoms with Gasteiger partial charge in [-0.2, -0.15) is 0 Å². The average Bonchev–Trinajstić information content (AvgIpc) is 2.67. The Bertz CT molecular complexity index is 699. The van der Waals surface area contributed by atoms with Gasteiger partial charge in [-0.3, -0.25) is 4.90 Å². The Kier molecular flexibility index (Phi) is 6.83. The van der Waals surface area contributed by atoms with Gasteiger partial charge >= 0.3 is 0 Å². The van der Waals surface area contributed by atoms with Gasteiger partial charge in [0.15, 0.2) is 0 Å². The van der Waals surface area contributed by atoms with Crippen molar-refractivity contribution >= 4 is 10.9 Å². The monoisotopic (exact) mass is 357 g/mol. The molecule has 5 nitrogen and oxygen atoms in total. The molecule has 2 heterocycles. The fourth-order valence-corrected chi connectivity index (χ4v) is 3.78. The second-order valence-electron chi connectivity index (χ2n) is 7.19. The molecule has 0 amide bonds. The van der Waals surface area contributed by atoms with Gasteiger partial charge < -0.3 is 14.4 Å². The van der Waals surface area contributed by atoms with Crippen molar-refractivity contribution in [3.8, 4) is 5.75 Å². The lowest BCUT2D eigenvalue weighted by Gasteiger charge is -2.37. The third-order valence-electron chi connectivity index (χ3n) is 5.32. The minimum atomic E-state index is 0.623. The molecule has 1 aliphatic heterocycles. The summed E-state index contributed by atoms with van der Waals surface area (Å²) in [5, 5.41) is 1.12. The van der Waals surface area contributed by atoms with Crippen molar-refractivity contribution in [1.29, 1.82) is 0 Å². The molecule has 142 valence electrons. The Hall–Kier alpha value is -1.69. The van der Waals surface area contributed by atoms with E-state index in [-0.39, 0.29) is 0 Å². The number of fused-ring (bicyclic) bond motifs is 1. The van der Waals surface area contributed by atoms with Crippen LogP contribution in [0.5, 0.6) is 5.75 Å². The number of methoxy groups -OCH3 is 2. The average molecular weight is 357 g/mol. The van der Waals surface area contributed by atoms with Crippen molar-refractivity contribution in [2.75, 3.05) is 47.5 Å². The van der Waals surface area contributed by atoms with Gasteiger partial charge in [-0.15, -0.1) is 0 Å². The summed E-state index contributed by atoms with van der Waals surface area (Å²) in [6, 6.07) is 11.0. The lowest BCUT2D eigenvalue weighted by atomic mass is 10.0. The molecular weight excluding hydrogens is 326 g/mol. The molecule has 0 radical (unpaired) electrons. The maximum Gasteiger partial charge on any atom is 0.145 e. The van der Waals surface area contributed by atoms with Crippen molar-refractivity contribution in [2.24, 2.45) is 0 Å². The highest BCUT2D eigenvalue weighted by atomic mass is 16.5. The molecule has 1 fully saturated rings. The Labute approximate surface area is 156 Å². The van der Waals surface area contributed by atoms with Crippen molar-refractivity contribution < 1.29 is 9.47 Å². The first-order chi connectivity index (χ1) is 12.7. The van der Waals surface area contributed by atoms with Gasteiger partial charge in [-0.05, 0) is 51.5 Å². The number of hydrogen-bond donors (Lipinski definition) is 0. The Morgan fingerprint density at radius 3 is 2.69 bits per heavy atom. The van der Waals surface area contributed by atoms with Crippen molar-refractivity contribution in [3.05, 3.63) is 36.0 Å². The number of pyridine rings is 1. The predicted octanol–water partition coefficient (Wildman–Crippen LogP) is 3.18. The molecule has 1 aliphatic rings. The molecule has 0 unspecified atom stereocenters. The highest BCUT2D eigenvalue weighted by Crippen LogP contribution is 2.25. The molecule has 1 saturated heterocycles. The third-order valence-corrected chi connectivity index (χ3v) is 5.32. The van der Waals surface area contributed by atoms with Gasteiger partial charge in [-0.1, -0.05) is 18.2 Å². The van der Waals surface area contributed by atoms with Crippen LogP contribution < -0.4 is 4.74 Å². The van der Waals surface area contributed by atoms with E-state index in [9.17, 15) is 0 Å². The number of hydrogen-bond acceptors (Lipinski definition) is 5.